The van der Waals surface area contributed by atoms with Crippen LogP contribution in [0.1, 0.15) is 22.3 Å². The molecule has 94 valence electrons. The fraction of sp³-hybridized carbons (Fsp3) is 0.444. The summed E-state index contributed by atoms with van der Waals surface area (Å²) in [5.41, 5.74) is 0.0481. The first-order chi connectivity index (χ1) is 7.64. The van der Waals surface area contributed by atoms with Gasteiger partial charge >= 0.3 is 5.92 Å². The summed E-state index contributed by atoms with van der Waals surface area (Å²) in [6.45, 7) is 0. The van der Waals surface area contributed by atoms with Crippen molar-refractivity contribution in [3.63, 3.8) is 0 Å². The lowest BCUT2D eigenvalue weighted by Crippen LogP contribution is -2.34. The van der Waals surface area contributed by atoms with Crippen molar-refractivity contribution in [2.24, 2.45) is 0 Å². The molecule has 1 aromatic rings. The maximum Gasteiger partial charge on any atom is 0.310 e. The van der Waals surface area contributed by atoms with Gasteiger partial charge in [0.25, 0.3) is 0 Å². The Morgan fingerprint density at radius 2 is 2.00 bits per heavy atom. The Kier molecular flexibility index (Phi) is 2.95. The molecule has 1 aromatic heterocycles. The first kappa shape index (κ1) is 13.1. The molecule has 17 heavy (non-hydrogen) atoms. The molecule has 0 amide bonds. The van der Waals surface area contributed by atoms with Gasteiger partial charge < -0.3 is 0 Å². The first-order valence-corrected chi connectivity index (χ1v) is 8.08. The molecule has 0 spiro atoms. The van der Waals surface area contributed by atoms with Crippen molar-refractivity contribution in [1.82, 2.24) is 0 Å². The van der Waals surface area contributed by atoms with Gasteiger partial charge in [0.15, 0.2) is 9.84 Å². The van der Waals surface area contributed by atoms with Crippen molar-refractivity contribution in [3.8, 4) is 0 Å². The minimum atomic E-state index is -3.67. The topological polar surface area (TPSA) is 51.2 Å². The van der Waals surface area contributed by atoms with Crippen molar-refractivity contribution in [1.29, 1.82) is 0 Å². The monoisotopic (exact) mass is 344 g/mol. The first-order valence-electron chi connectivity index (χ1n) is 4.58. The highest BCUT2D eigenvalue weighted by Gasteiger charge is 2.47. The molecular formula is C9H7BrF2O3S2. The second-order valence-electron chi connectivity index (χ2n) is 3.82. The van der Waals surface area contributed by atoms with E-state index in [2.05, 4.69) is 15.9 Å². The Morgan fingerprint density at radius 3 is 2.53 bits per heavy atom. The maximum absolute atomic E-state index is 13.3. The van der Waals surface area contributed by atoms with Crippen LogP contribution in [0.25, 0.3) is 0 Å². The van der Waals surface area contributed by atoms with E-state index in [1.807, 2.05) is 0 Å². The van der Waals surface area contributed by atoms with Crippen LogP contribution in [-0.2, 0) is 16.3 Å². The summed E-state index contributed by atoms with van der Waals surface area (Å²) < 4.78 is 49.7. The molecule has 1 aliphatic carbocycles. The summed E-state index contributed by atoms with van der Waals surface area (Å²) in [5.74, 6) is -4.85. The fourth-order valence-electron chi connectivity index (χ4n) is 1.71. The van der Waals surface area contributed by atoms with Crippen LogP contribution in [0, 0.1) is 0 Å². The average Bonchev–Trinajstić information content (AvgIpc) is 2.50. The molecule has 0 aliphatic heterocycles. The van der Waals surface area contributed by atoms with Gasteiger partial charge in [0.1, 0.15) is 4.21 Å². The van der Waals surface area contributed by atoms with E-state index in [0.717, 1.165) is 17.6 Å². The normalized spacial score (nSPS) is 19.2. The lowest BCUT2D eigenvalue weighted by atomic mass is 9.91. The predicted molar refractivity (Wildman–Crippen MR) is 62.7 cm³/mol. The van der Waals surface area contributed by atoms with Crippen molar-refractivity contribution in [2.45, 2.75) is 23.0 Å². The number of hydrogen-bond acceptors (Lipinski definition) is 4. The van der Waals surface area contributed by atoms with E-state index < -0.39 is 28.0 Å². The number of hydrogen-bond donors (Lipinski definition) is 0. The van der Waals surface area contributed by atoms with Gasteiger partial charge in [-0.15, -0.1) is 11.3 Å². The molecule has 0 saturated heterocycles. The third kappa shape index (κ3) is 2.06. The summed E-state index contributed by atoms with van der Waals surface area (Å²) in [6.07, 6.45) is 0.337. The summed E-state index contributed by atoms with van der Waals surface area (Å²) in [5, 5.41) is 0. The molecule has 0 unspecified atom stereocenters. The number of thiophene rings is 1. The van der Waals surface area contributed by atoms with E-state index in [4.69, 9.17) is 0 Å². The molecule has 0 bridgehead atoms. The highest BCUT2D eigenvalue weighted by molar-refractivity contribution is 9.11. The predicted octanol–water partition coefficient (Wildman–Crippen LogP) is 2.68. The molecule has 1 aliphatic rings. The number of sulfone groups is 1. The van der Waals surface area contributed by atoms with Gasteiger partial charge in [-0.3, -0.25) is 4.79 Å². The zero-order valence-electron chi connectivity index (χ0n) is 8.59. The van der Waals surface area contributed by atoms with Crippen LogP contribution < -0.4 is 0 Å². The van der Waals surface area contributed by atoms with E-state index >= 15 is 0 Å². The van der Waals surface area contributed by atoms with Crippen molar-refractivity contribution >= 4 is 42.9 Å². The van der Waals surface area contributed by atoms with Crippen LogP contribution in [0.5, 0.6) is 0 Å². The molecule has 0 saturated carbocycles. The highest BCUT2D eigenvalue weighted by atomic mass is 79.9. The lowest BCUT2D eigenvalue weighted by molar-refractivity contribution is 0.00176. The zero-order chi connectivity index (χ0) is 13.0. The van der Waals surface area contributed by atoms with Gasteiger partial charge in [-0.1, -0.05) is 0 Å². The number of ketones is 1. The Balaban J connectivity index is 2.75. The minimum absolute atomic E-state index is 0.000671. The summed E-state index contributed by atoms with van der Waals surface area (Å²) in [7, 11) is -3.67. The second-order valence-corrected chi connectivity index (χ2v) is 8.37. The zero-order valence-corrected chi connectivity index (χ0v) is 11.8. The van der Waals surface area contributed by atoms with Crippen LogP contribution in [0.3, 0.4) is 0 Å². The van der Waals surface area contributed by atoms with Gasteiger partial charge in [0.05, 0.1) is 9.35 Å². The molecule has 0 aromatic carbocycles. The molecule has 0 fully saturated rings. The SMILES string of the molecule is CS(=O)(=O)c1sc(Br)c2c1C(=O)C(F)(F)CC2. The summed E-state index contributed by atoms with van der Waals surface area (Å²) in [4.78, 5) is 11.6. The Bertz CT molecular complexity index is 604. The smallest absolute Gasteiger partial charge is 0.287 e. The largest absolute Gasteiger partial charge is 0.310 e. The Labute approximate surface area is 109 Å². The highest BCUT2D eigenvalue weighted by Crippen LogP contribution is 2.44. The molecule has 3 nitrogen and oxygen atoms in total. The van der Waals surface area contributed by atoms with Crippen molar-refractivity contribution in [2.75, 3.05) is 6.26 Å². The summed E-state index contributed by atoms with van der Waals surface area (Å²) in [6, 6.07) is 0. The standard InChI is InChI=1S/C9H7BrF2O3S2/c1-17(14,15)8-5-4(7(10)16-8)2-3-9(11,12)6(5)13/h2-3H2,1H3. The molecule has 0 N–H and O–H groups in total. The number of alkyl halides is 2. The van der Waals surface area contributed by atoms with Crippen LogP contribution in [0.15, 0.2) is 8.00 Å². The van der Waals surface area contributed by atoms with Crippen molar-refractivity contribution < 1.29 is 22.0 Å². The van der Waals surface area contributed by atoms with E-state index in [1.165, 1.54) is 0 Å². The molecular weight excluding hydrogens is 338 g/mol. The van der Waals surface area contributed by atoms with Crippen LogP contribution in [0.4, 0.5) is 8.78 Å². The van der Waals surface area contributed by atoms with E-state index in [-0.39, 0.29) is 16.2 Å². The van der Waals surface area contributed by atoms with Crippen molar-refractivity contribution in [3.05, 3.63) is 14.9 Å². The van der Waals surface area contributed by atoms with Gasteiger partial charge in [0, 0.05) is 12.7 Å². The van der Waals surface area contributed by atoms with Gasteiger partial charge in [-0.05, 0) is 27.9 Å². The van der Waals surface area contributed by atoms with Gasteiger partial charge in [-0.2, -0.15) is 8.78 Å². The number of halogens is 3. The summed E-state index contributed by atoms with van der Waals surface area (Å²) >= 11 is 3.93. The quantitative estimate of drug-likeness (QED) is 0.786. The Morgan fingerprint density at radius 1 is 1.41 bits per heavy atom. The third-order valence-electron chi connectivity index (χ3n) is 2.51. The molecule has 2 rings (SSSR count). The van der Waals surface area contributed by atoms with Crippen LogP contribution in [-0.4, -0.2) is 26.4 Å². The van der Waals surface area contributed by atoms with Crippen LogP contribution >= 0.6 is 27.3 Å². The van der Waals surface area contributed by atoms with E-state index in [0.29, 0.717) is 9.35 Å². The molecule has 0 atom stereocenters. The lowest BCUT2D eigenvalue weighted by Gasteiger charge is -2.21. The molecule has 8 heteroatoms. The minimum Gasteiger partial charge on any atom is -0.287 e. The average molecular weight is 345 g/mol. The van der Waals surface area contributed by atoms with Crippen LogP contribution in [0.2, 0.25) is 0 Å². The number of fused-ring (bicyclic) bond motifs is 1. The number of carbonyl (C=O) groups excluding carboxylic acids is 1. The van der Waals surface area contributed by atoms with E-state index in [1.54, 1.807) is 0 Å². The number of carbonyl (C=O) groups is 1. The van der Waals surface area contributed by atoms with Gasteiger partial charge in [-0.25, -0.2) is 8.42 Å². The van der Waals surface area contributed by atoms with Gasteiger partial charge in [0.2, 0.25) is 5.78 Å². The second kappa shape index (κ2) is 3.83. The Hall–Kier alpha value is -0.340. The van der Waals surface area contributed by atoms with E-state index in [9.17, 15) is 22.0 Å². The third-order valence-corrected chi connectivity index (χ3v) is 6.33. The molecule has 0 radical (unpaired) electrons. The number of rotatable bonds is 1. The number of Topliss-reactive ketones (excluding diaryl/α,β-unsaturated/α-hetero) is 1. The maximum atomic E-state index is 13.3. The molecule has 1 heterocycles. The fourth-order valence-corrected chi connectivity index (χ4v) is 5.16.